The van der Waals surface area contributed by atoms with Crippen molar-refractivity contribution in [2.75, 3.05) is 10.6 Å². The van der Waals surface area contributed by atoms with Crippen LogP contribution < -0.4 is 10.6 Å². The van der Waals surface area contributed by atoms with E-state index < -0.39 is 23.3 Å². The SMILES string of the molecule is CC1=[C-]CC=C1.CC1=[C-]CC=C1.CCC(=O)Nc1ccc(F)[c-]c1F.CCC(=O)Nc1ccc(F)[c-]c1F.[Ti+4]. The Morgan fingerprint density at radius 1 is 0.718 bits per heavy atom. The number of hydrogen-bond acceptors (Lipinski definition) is 2. The summed E-state index contributed by atoms with van der Waals surface area (Å²) in [5.74, 6) is -3.99. The molecule has 0 saturated carbocycles. The Kier molecular flexibility index (Phi) is 18.2. The van der Waals surface area contributed by atoms with Crippen molar-refractivity contribution in [1.82, 2.24) is 0 Å². The minimum atomic E-state index is -0.887. The number of amides is 2. The summed E-state index contributed by atoms with van der Waals surface area (Å²) in [6.07, 6.45) is 17.2. The van der Waals surface area contributed by atoms with Crippen LogP contribution in [0.15, 0.2) is 59.7 Å². The first-order chi connectivity index (χ1) is 18.0. The molecule has 0 aromatic heterocycles. The molecule has 2 aromatic rings. The normalized spacial score (nSPS) is 12.2. The van der Waals surface area contributed by atoms with Gasteiger partial charge in [-0.3, -0.25) is 21.7 Å². The summed E-state index contributed by atoms with van der Waals surface area (Å²) in [6.45, 7) is 7.40. The van der Waals surface area contributed by atoms with Crippen molar-refractivity contribution in [3.63, 3.8) is 0 Å². The second-order valence-corrected chi connectivity index (χ2v) is 7.80. The number of carbonyl (C=O) groups excluding carboxylic acids is 2. The number of carbonyl (C=O) groups is 2. The maximum atomic E-state index is 12.8. The monoisotopic (exact) mass is 574 g/mol. The van der Waals surface area contributed by atoms with E-state index in [1.165, 1.54) is 11.1 Å². The van der Waals surface area contributed by atoms with Gasteiger partial charge in [-0.25, -0.2) is 40.9 Å². The van der Waals surface area contributed by atoms with E-state index in [0.717, 1.165) is 37.1 Å². The molecule has 0 heterocycles. The van der Waals surface area contributed by atoms with Crippen molar-refractivity contribution in [2.45, 2.75) is 53.4 Å². The van der Waals surface area contributed by atoms with Crippen LogP contribution in [0.25, 0.3) is 0 Å². The first-order valence-corrected chi connectivity index (χ1v) is 11.9. The van der Waals surface area contributed by atoms with E-state index in [1.54, 1.807) is 13.8 Å². The Balaban J connectivity index is 0.000000518. The number of hydrogen-bond donors (Lipinski definition) is 2. The van der Waals surface area contributed by atoms with Crippen molar-refractivity contribution in [2.24, 2.45) is 0 Å². The van der Waals surface area contributed by atoms with E-state index in [0.29, 0.717) is 0 Å². The fourth-order valence-corrected chi connectivity index (χ4v) is 2.59. The molecule has 0 fully saturated rings. The molecule has 4 nitrogen and oxygen atoms in total. The molecular formula is C30H30F4N2O2Ti. The zero-order chi connectivity index (χ0) is 28.5. The Morgan fingerprint density at radius 2 is 1.08 bits per heavy atom. The molecule has 0 radical (unpaired) electrons. The molecule has 9 heteroatoms. The van der Waals surface area contributed by atoms with Crippen molar-refractivity contribution >= 4 is 23.2 Å². The first-order valence-electron chi connectivity index (χ1n) is 11.9. The van der Waals surface area contributed by atoms with E-state index in [1.807, 2.05) is 12.1 Å². The summed E-state index contributed by atoms with van der Waals surface area (Å²) >= 11 is 0. The van der Waals surface area contributed by atoms with Gasteiger partial charge in [-0.05, 0) is 11.4 Å². The minimum Gasteiger partial charge on any atom is -0.377 e. The average molecular weight is 574 g/mol. The molecule has 0 unspecified atom stereocenters. The van der Waals surface area contributed by atoms with Gasteiger partial charge < -0.3 is 10.6 Å². The van der Waals surface area contributed by atoms with Crippen molar-refractivity contribution in [3.05, 3.63) is 107 Å². The predicted octanol–water partition coefficient (Wildman–Crippen LogP) is 7.62. The molecule has 39 heavy (non-hydrogen) atoms. The number of anilines is 2. The Morgan fingerprint density at radius 3 is 1.28 bits per heavy atom. The summed E-state index contributed by atoms with van der Waals surface area (Å²) < 4.78 is 50.4. The van der Waals surface area contributed by atoms with Gasteiger partial charge in [0.2, 0.25) is 11.8 Å². The van der Waals surface area contributed by atoms with Crippen LogP contribution >= 0.6 is 0 Å². The van der Waals surface area contributed by atoms with Gasteiger partial charge in [0, 0.05) is 36.1 Å². The van der Waals surface area contributed by atoms with E-state index in [2.05, 4.69) is 60.9 Å². The van der Waals surface area contributed by atoms with E-state index in [4.69, 9.17) is 0 Å². The molecule has 0 spiro atoms. The molecule has 2 N–H and O–H groups in total. The standard InChI is InChI=1S/2C9H8F2NO.2C6H7.Ti/c2*1-2-9(13)12-8-4-3-6(10)5-7(8)11;2*1-6-4-2-3-5-6;/h2*3-4H,2H2,1H3,(H,12,13);2*2,4H,3H2,1H3;/q4*-1;+4. The molecular weight excluding hydrogens is 544 g/mol. The summed E-state index contributed by atoms with van der Waals surface area (Å²) in [4.78, 5) is 21.7. The van der Waals surface area contributed by atoms with Gasteiger partial charge in [-0.1, -0.05) is 27.7 Å². The fraction of sp³-hybridized carbons (Fsp3) is 0.267. The van der Waals surface area contributed by atoms with Crippen LogP contribution in [0.3, 0.4) is 0 Å². The maximum Gasteiger partial charge on any atom is 4.00 e. The van der Waals surface area contributed by atoms with Gasteiger partial charge in [0.05, 0.1) is 0 Å². The van der Waals surface area contributed by atoms with Gasteiger partial charge in [0.1, 0.15) is 0 Å². The zero-order valence-corrected chi connectivity index (χ0v) is 23.8. The summed E-state index contributed by atoms with van der Waals surface area (Å²) in [7, 11) is 0. The first kappa shape index (κ1) is 35.8. The second-order valence-electron chi connectivity index (χ2n) is 7.80. The molecule has 4 rings (SSSR count). The van der Waals surface area contributed by atoms with Crippen LogP contribution in [0.4, 0.5) is 28.9 Å². The number of benzene rings is 2. The van der Waals surface area contributed by atoms with E-state index >= 15 is 0 Å². The number of halogens is 4. The summed E-state index contributed by atoms with van der Waals surface area (Å²) in [6, 6.07) is 8.04. The zero-order valence-electron chi connectivity index (χ0n) is 22.3. The molecule has 0 atom stereocenters. The smallest absolute Gasteiger partial charge is 0.377 e. The predicted molar refractivity (Wildman–Crippen MR) is 141 cm³/mol. The Labute approximate surface area is 242 Å². The third-order valence-electron chi connectivity index (χ3n) is 4.65. The molecule has 204 valence electrons. The third-order valence-corrected chi connectivity index (χ3v) is 4.65. The van der Waals surface area contributed by atoms with Crippen LogP contribution in [0.2, 0.25) is 0 Å². The molecule has 2 aliphatic rings. The third kappa shape index (κ3) is 15.7. The van der Waals surface area contributed by atoms with Crippen molar-refractivity contribution in [1.29, 1.82) is 0 Å². The summed E-state index contributed by atoms with van der Waals surface area (Å²) in [5.41, 5.74) is 2.45. The number of allylic oxidation sites excluding steroid dienone is 8. The van der Waals surface area contributed by atoms with Crippen LogP contribution in [-0.4, -0.2) is 11.8 Å². The average Bonchev–Trinajstić information content (AvgIpc) is 3.57. The van der Waals surface area contributed by atoms with E-state index in [9.17, 15) is 27.2 Å². The fourth-order valence-electron chi connectivity index (χ4n) is 2.59. The van der Waals surface area contributed by atoms with Gasteiger partial charge in [-0.2, -0.15) is 12.2 Å². The van der Waals surface area contributed by atoms with Gasteiger partial charge in [0.15, 0.2) is 0 Å². The van der Waals surface area contributed by atoms with Crippen LogP contribution in [0, 0.1) is 47.6 Å². The maximum absolute atomic E-state index is 12.8. The Bertz CT molecular complexity index is 1110. The van der Waals surface area contributed by atoms with Gasteiger partial charge in [-0.15, -0.1) is 49.2 Å². The van der Waals surface area contributed by atoms with Gasteiger partial charge >= 0.3 is 21.7 Å². The molecule has 2 amide bonds. The molecule has 2 aliphatic carbocycles. The molecule has 0 saturated heterocycles. The Hall–Kier alpha value is -3.23. The van der Waals surface area contributed by atoms with Crippen molar-refractivity contribution in [3.8, 4) is 0 Å². The molecule has 0 bridgehead atoms. The molecule has 0 aliphatic heterocycles. The van der Waals surface area contributed by atoms with Gasteiger partial charge in [0.25, 0.3) is 0 Å². The number of rotatable bonds is 4. The van der Waals surface area contributed by atoms with Crippen LogP contribution in [-0.2, 0) is 31.3 Å². The van der Waals surface area contributed by atoms with E-state index in [-0.39, 0.29) is 57.7 Å². The van der Waals surface area contributed by atoms with Crippen LogP contribution in [0.1, 0.15) is 53.4 Å². The topological polar surface area (TPSA) is 58.2 Å². The quantitative estimate of drug-likeness (QED) is 0.224. The second kappa shape index (κ2) is 19.8. The van der Waals surface area contributed by atoms with Crippen LogP contribution in [0.5, 0.6) is 0 Å². The largest absolute Gasteiger partial charge is 4.00 e. The minimum absolute atomic E-state index is 0. The molecule has 2 aromatic carbocycles. The summed E-state index contributed by atoms with van der Waals surface area (Å²) in [5, 5.41) is 4.55. The van der Waals surface area contributed by atoms with Crippen molar-refractivity contribution < 1.29 is 48.9 Å². The number of nitrogens with one attached hydrogen (secondary N) is 2.